The topological polar surface area (TPSA) is 73.9 Å². The van der Waals surface area contributed by atoms with Crippen molar-refractivity contribution in [1.29, 1.82) is 5.26 Å². The van der Waals surface area contributed by atoms with Crippen LogP contribution in [0.5, 0.6) is 0 Å². The van der Waals surface area contributed by atoms with Gasteiger partial charge >= 0.3 is 0 Å². The maximum atomic E-state index is 10.7. The van der Waals surface area contributed by atoms with Crippen LogP contribution in [0.1, 0.15) is 50.8 Å². The van der Waals surface area contributed by atoms with Gasteiger partial charge in [-0.05, 0) is 38.0 Å². The number of nitriles is 1. The van der Waals surface area contributed by atoms with E-state index in [2.05, 4.69) is 30.3 Å². The second kappa shape index (κ2) is 5.10. The Morgan fingerprint density at radius 1 is 1.35 bits per heavy atom. The summed E-state index contributed by atoms with van der Waals surface area (Å²) in [5.74, 6) is 0.697. The first-order chi connectivity index (χ1) is 9.26. The average Bonchev–Trinajstić information content (AvgIpc) is 2.65. The molecule has 0 aliphatic heterocycles. The van der Waals surface area contributed by atoms with Gasteiger partial charge in [0.05, 0.1) is 11.3 Å². The molecule has 0 aromatic carbocycles. The number of nitrogens with one attached hydrogen (secondary N) is 1. The summed E-state index contributed by atoms with van der Waals surface area (Å²) in [5.41, 5.74) is 0.926. The SMILES string of the molecule is Cc1nn(C)c(NCC2(O)CCC(C)(C)CC2)c1C#N. The third kappa shape index (κ3) is 2.96. The van der Waals surface area contributed by atoms with Crippen LogP contribution < -0.4 is 5.32 Å². The molecule has 0 saturated heterocycles. The molecule has 0 atom stereocenters. The highest BCUT2D eigenvalue weighted by atomic mass is 16.3. The van der Waals surface area contributed by atoms with Crippen molar-refractivity contribution in [3.63, 3.8) is 0 Å². The zero-order chi connectivity index (χ0) is 15.0. The van der Waals surface area contributed by atoms with Crippen LogP contribution in [-0.2, 0) is 7.05 Å². The second-order valence-electron chi connectivity index (χ2n) is 6.79. The Balaban J connectivity index is 2.05. The Morgan fingerprint density at radius 2 is 1.95 bits per heavy atom. The van der Waals surface area contributed by atoms with Crippen LogP contribution in [0.2, 0.25) is 0 Å². The predicted molar refractivity (Wildman–Crippen MR) is 78.3 cm³/mol. The molecule has 0 amide bonds. The number of anilines is 1. The summed E-state index contributed by atoms with van der Waals surface area (Å²) < 4.78 is 1.67. The Morgan fingerprint density at radius 3 is 2.50 bits per heavy atom. The number of nitrogens with zero attached hydrogens (tertiary/aromatic N) is 3. The van der Waals surface area contributed by atoms with E-state index in [-0.39, 0.29) is 0 Å². The molecule has 0 radical (unpaired) electrons. The van der Waals surface area contributed by atoms with Gasteiger partial charge in [0.25, 0.3) is 0 Å². The number of rotatable bonds is 3. The zero-order valence-corrected chi connectivity index (χ0v) is 12.8. The molecule has 0 spiro atoms. The summed E-state index contributed by atoms with van der Waals surface area (Å²) in [7, 11) is 1.81. The Labute approximate surface area is 120 Å². The highest BCUT2D eigenvalue weighted by Crippen LogP contribution is 2.40. The van der Waals surface area contributed by atoms with Crippen LogP contribution in [0.4, 0.5) is 5.82 Å². The van der Waals surface area contributed by atoms with Crippen molar-refractivity contribution in [3.8, 4) is 6.07 Å². The lowest BCUT2D eigenvalue weighted by Gasteiger charge is -2.40. The molecule has 20 heavy (non-hydrogen) atoms. The predicted octanol–water partition coefficient (Wildman–Crippen LogP) is 2.34. The number of hydrogen-bond donors (Lipinski definition) is 2. The monoisotopic (exact) mass is 276 g/mol. The molecule has 2 rings (SSSR count). The van der Waals surface area contributed by atoms with Gasteiger partial charge in [0.1, 0.15) is 17.5 Å². The van der Waals surface area contributed by atoms with Crippen LogP contribution in [0.25, 0.3) is 0 Å². The number of aryl methyl sites for hydroxylation is 2. The van der Waals surface area contributed by atoms with Gasteiger partial charge in [0, 0.05) is 13.6 Å². The smallest absolute Gasteiger partial charge is 0.142 e. The van der Waals surface area contributed by atoms with Gasteiger partial charge in [-0.25, -0.2) is 0 Å². The molecule has 1 aromatic rings. The quantitative estimate of drug-likeness (QED) is 0.888. The average molecular weight is 276 g/mol. The van der Waals surface area contributed by atoms with E-state index in [9.17, 15) is 10.4 Å². The third-order valence-electron chi connectivity index (χ3n) is 4.45. The van der Waals surface area contributed by atoms with Crippen LogP contribution >= 0.6 is 0 Å². The highest BCUT2D eigenvalue weighted by Gasteiger charge is 2.36. The van der Waals surface area contributed by atoms with Gasteiger partial charge in [-0.15, -0.1) is 0 Å². The molecule has 1 aliphatic rings. The molecule has 0 bridgehead atoms. The second-order valence-corrected chi connectivity index (χ2v) is 6.79. The highest BCUT2D eigenvalue weighted by molar-refractivity contribution is 5.55. The van der Waals surface area contributed by atoms with Gasteiger partial charge in [-0.2, -0.15) is 10.4 Å². The lowest BCUT2D eigenvalue weighted by atomic mass is 9.71. The Hall–Kier alpha value is -1.54. The summed E-state index contributed by atoms with van der Waals surface area (Å²) in [5, 5.41) is 27.3. The van der Waals surface area contributed by atoms with E-state index >= 15 is 0 Å². The molecule has 5 heteroatoms. The third-order valence-corrected chi connectivity index (χ3v) is 4.45. The van der Waals surface area contributed by atoms with Gasteiger partial charge < -0.3 is 10.4 Å². The van der Waals surface area contributed by atoms with Crippen molar-refractivity contribution in [2.75, 3.05) is 11.9 Å². The fraction of sp³-hybridized carbons (Fsp3) is 0.733. The fourth-order valence-electron chi connectivity index (χ4n) is 2.81. The Kier molecular flexibility index (Phi) is 3.79. The molecule has 1 fully saturated rings. The first-order valence-electron chi connectivity index (χ1n) is 7.16. The van der Waals surface area contributed by atoms with Crippen molar-refractivity contribution >= 4 is 5.82 Å². The first kappa shape index (κ1) is 14.9. The van der Waals surface area contributed by atoms with Crippen molar-refractivity contribution in [2.24, 2.45) is 12.5 Å². The van der Waals surface area contributed by atoms with Gasteiger partial charge in [-0.1, -0.05) is 13.8 Å². The molecular formula is C15H24N4O. The van der Waals surface area contributed by atoms with E-state index in [1.54, 1.807) is 4.68 Å². The van der Waals surface area contributed by atoms with Gasteiger partial charge in [0.15, 0.2) is 0 Å². The number of aromatic nitrogens is 2. The minimum Gasteiger partial charge on any atom is -0.388 e. The van der Waals surface area contributed by atoms with Crippen molar-refractivity contribution < 1.29 is 5.11 Å². The van der Waals surface area contributed by atoms with Crippen LogP contribution in [-0.4, -0.2) is 27.0 Å². The van der Waals surface area contributed by atoms with Crippen LogP contribution in [0.3, 0.4) is 0 Å². The molecule has 1 aliphatic carbocycles. The van der Waals surface area contributed by atoms with Crippen LogP contribution in [0, 0.1) is 23.7 Å². The summed E-state index contributed by atoms with van der Waals surface area (Å²) in [6.07, 6.45) is 3.65. The van der Waals surface area contributed by atoms with Crippen LogP contribution in [0.15, 0.2) is 0 Å². The first-order valence-corrected chi connectivity index (χ1v) is 7.16. The van der Waals surface area contributed by atoms with Gasteiger partial charge in [-0.3, -0.25) is 4.68 Å². The van der Waals surface area contributed by atoms with Crippen molar-refractivity contribution in [3.05, 3.63) is 11.3 Å². The van der Waals surface area contributed by atoms with E-state index < -0.39 is 5.60 Å². The minimum atomic E-state index is -0.680. The molecule has 5 nitrogen and oxygen atoms in total. The minimum absolute atomic E-state index is 0.327. The van der Waals surface area contributed by atoms with Gasteiger partial charge in [0.2, 0.25) is 0 Å². The summed E-state index contributed by atoms with van der Waals surface area (Å²) in [4.78, 5) is 0. The standard InChI is InChI=1S/C15H24N4O/c1-11-12(9-16)13(19(4)18-11)17-10-15(20)7-5-14(2,3)6-8-15/h17,20H,5-8,10H2,1-4H3. The molecule has 0 unspecified atom stereocenters. The van der Waals surface area contributed by atoms with E-state index in [1.165, 1.54) is 0 Å². The number of hydrogen-bond acceptors (Lipinski definition) is 4. The normalized spacial score (nSPS) is 20.4. The molecular weight excluding hydrogens is 252 g/mol. The summed E-state index contributed by atoms with van der Waals surface area (Å²) in [6.45, 7) is 6.79. The van der Waals surface area contributed by atoms with E-state index in [0.717, 1.165) is 25.7 Å². The largest absolute Gasteiger partial charge is 0.388 e. The molecule has 1 heterocycles. The zero-order valence-electron chi connectivity index (χ0n) is 12.8. The van der Waals surface area contributed by atoms with Crippen molar-refractivity contribution in [1.82, 2.24) is 9.78 Å². The molecule has 1 aromatic heterocycles. The fourth-order valence-corrected chi connectivity index (χ4v) is 2.81. The lowest BCUT2D eigenvalue weighted by molar-refractivity contribution is -0.0146. The van der Waals surface area contributed by atoms with E-state index in [1.807, 2.05) is 14.0 Å². The molecule has 2 N–H and O–H groups in total. The molecule has 110 valence electrons. The maximum absolute atomic E-state index is 10.7. The summed E-state index contributed by atoms with van der Waals surface area (Å²) >= 11 is 0. The van der Waals surface area contributed by atoms with E-state index in [4.69, 9.17) is 0 Å². The van der Waals surface area contributed by atoms with Crippen molar-refractivity contribution in [2.45, 2.75) is 52.1 Å². The molecule has 1 saturated carbocycles. The van der Waals surface area contributed by atoms with E-state index in [0.29, 0.717) is 29.0 Å². The number of aliphatic hydroxyl groups is 1. The summed E-state index contributed by atoms with van der Waals surface area (Å²) in [6, 6.07) is 2.17. The maximum Gasteiger partial charge on any atom is 0.142 e. The Bertz CT molecular complexity index is 529. The lowest BCUT2D eigenvalue weighted by Crippen LogP contribution is -2.42.